The summed E-state index contributed by atoms with van der Waals surface area (Å²) in [6.45, 7) is 44.8. The Morgan fingerprint density at radius 1 is 0.932 bits per heavy atom. The van der Waals surface area contributed by atoms with Crippen molar-refractivity contribution in [3.8, 4) is 0 Å². The Morgan fingerprint density at radius 2 is 1.50 bits per heavy atom. The Kier molecular flexibility index (Phi) is 10.7. The molecule has 3 aliphatic rings. The first-order chi connectivity index (χ1) is 19.6. The number of hydrogen-bond acceptors (Lipinski definition) is 5. The Bertz CT molecular complexity index is 1070. The second-order valence-corrected chi connectivity index (χ2v) is 28.8. The zero-order valence-electron chi connectivity index (χ0n) is 31.9. The van der Waals surface area contributed by atoms with E-state index in [9.17, 15) is 0 Å². The molecular formula is C37H70O5Si2. The van der Waals surface area contributed by atoms with Crippen LogP contribution in [0.1, 0.15) is 116 Å². The van der Waals surface area contributed by atoms with Crippen LogP contribution < -0.4 is 0 Å². The maximum Gasteiger partial charge on any atom is 0.192 e. The van der Waals surface area contributed by atoms with Gasteiger partial charge in [0.15, 0.2) is 16.6 Å². The lowest BCUT2D eigenvalue weighted by molar-refractivity contribution is -0.161. The highest BCUT2D eigenvalue weighted by Gasteiger charge is 2.62. The summed E-state index contributed by atoms with van der Waals surface area (Å²) in [4.78, 5) is 0. The van der Waals surface area contributed by atoms with Gasteiger partial charge in [0.2, 0.25) is 0 Å². The Labute approximate surface area is 274 Å². The predicted molar refractivity (Wildman–Crippen MR) is 190 cm³/mol. The summed E-state index contributed by atoms with van der Waals surface area (Å²) in [5.74, 6) is 0.171. The zero-order chi connectivity index (χ0) is 33.9. The first-order valence-electron chi connectivity index (χ1n) is 17.2. The van der Waals surface area contributed by atoms with Crippen molar-refractivity contribution in [1.29, 1.82) is 0 Å². The van der Waals surface area contributed by atoms with Crippen molar-refractivity contribution in [2.45, 2.75) is 181 Å². The van der Waals surface area contributed by atoms with Crippen LogP contribution in [-0.4, -0.2) is 59.5 Å². The first-order valence-corrected chi connectivity index (χ1v) is 23.0. The van der Waals surface area contributed by atoms with E-state index in [0.717, 1.165) is 25.7 Å². The molecule has 2 aliphatic carbocycles. The monoisotopic (exact) mass is 650 g/mol. The maximum atomic E-state index is 6.97. The fourth-order valence-corrected chi connectivity index (χ4v) is 9.80. The molecule has 0 aromatic heterocycles. The van der Waals surface area contributed by atoms with Gasteiger partial charge in [0, 0.05) is 23.4 Å². The standard InChI is InChI=1S/C37H70O5Si2/c1-26-19-20-30(41-32(3,4)5)36(14,29(26)24-40-43(15,16)33(6,7)8)23-31-37(39-25-38-31)27(2)21-28(22-35(37,12)13)42-44(17,18)34(9,10)11/h21,28-31H,1,19-20,22-25H2,2-18H3/t28-,29+,30+,31-,36+,37+/m1/s1. The van der Waals surface area contributed by atoms with Crippen LogP contribution in [0.3, 0.4) is 0 Å². The summed E-state index contributed by atoms with van der Waals surface area (Å²) >= 11 is 0. The highest BCUT2D eigenvalue weighted by atomic mass is 28.4. The average Bonchev–Trinajstić information content (AvgIpc) is 3.21. The van der Waals surface area contributed by atoms with Gasteiger partial charge >= 0.3 is 0 Å². The minimum absolute atomic E-state index is 0.0629. The van der Waals surface area contributed by atoms with Crippen molar-refractivity contribution in [2.75, 3.05) is 13.4 Å². The Balaban J connectivity index is 2.03. The lowest BCUT2D eigenvalue weighted by Gasteiger charge is -2.56. The van der Waals surface area contributed by atoms with E-state index in [0.29, 0.717) is 13.4 Å². The first kappa shape index (κ1) is 38.2. The van der Waals surface area contributed by atoms with E-state index in [-0.39, 0.29) is 50.7 Å². The fraction of sp³-hybridized carbons (Fsp3) is 0.892. The summed E-state index contributed by atoms with van der Waals surface area (Å²) in [5, 5.41) is 0.301. The third-order valence-electron chi connectivity index (χ3n) is 12.3. The van der Waals surface area contributed by atoms with E-state index in [1.54, 1.807) is 0 Å². The average molecular weight is 651 g/mol. The van der Waals surface area contributed by atoms with Gasteiger partial charge in [0.05, 0.1) is 23.9 Å². The van der Waals surface area contributed by atoms with Crippen LogP contribution in [0.4, 0.5) is 0 Å². The molecule has 256 valence electrons. The normalized spacial score (nSPS) is 34.0. The Morgan fingerprint density at radius 3 is 2.00 bits per heavy atom. The highest BCUT2D eigenvalue weighted by molar-refractivity contribution is 6.74. The molecule has 6 atom stereocenters. The molecule has 44 heavy (non-hydrogen) atoms. The molecule has 0 aromatic rings. The van der Waals surface area contributed by atoms with E-state index in [4.69, 9.17) is 23.1 Å². The molecule has 0 amide bonds. The van der Waals surface area contributed by atoms with Crippen molar-refractivity contribution in [3.63, 3.8) is 0 Å². The van der Waals surface area contributed by atoms with Crippen molar-refractivity contribution in [3.05, 3.63) is 23.8 Å². The molecule has 0 aromatic carbocycles. The molecule has 3 rings (SSSR count). The van der Waals surface area contributed by atoms with Gasteiger partial charge in [-0.3, -0.25) is 0 Å². The molecule has 0 bridgehead atoms. The van der Waals surface area contributed by atoms with Crippen molar-refractivity contribution >= 4 is 16.6 Å². The second kappa shape index (κ2) is 12.3. The summed E-state index contributed by atoms with van der Waals surface area (Å²) in [5.41, 5.74) is 1.32. The molecule has 1 saturated heterocycles. The summed E-state index contributed by atoms with van der Waals surface area (Å²) in [7, 11) is -3.91. The lowest BCUT2D eigenvalue weighted by Crippen LogP contribution is -2.60. The van der Waals surface area contributed by atoms with Gasteiger partial charge in [0.1, 0.15) is 12.4 Å². The van der Waals surface area contributed by atoms with E-state index in [1.807, 2.05) is 0 Å². The molecule has 0 N–H and O–H groups in total. The van der Waals surface area contributed by atoms with Crippen LogP contribution in [0.25, 0.3) is 0 Å². The molecule has 0 radical (unpaired) electrons. The maximum absolute atomic E-state index is 6.97. The van der Waals surface area contributed by atoms with Crippen LogP contribution in [0.2, 0.25) is 36.3 Å². The number of rotatable bonds is 8. The van der Waals surface area contributed by atoms with Gasteiger partial charge in [-0.15, -0.1) is 0 Å². The van der Waals surface area contributed by atoms with Crippen LogP contribution in [-0.2, 0) is 23.1 Å². The van der Waals surface area contributed by atoms with Gasteiger partial charge in [0.25, 0.3) is 0 Å². The predicted octanol–water partition coefficient (Wildman–Crippen LogP) is 10.4. The van der Waals surface area contributed by atoms with E-state index >= 15 is 0 Å². The van der Waals surface area contributed by atoms with Gasteiger partial charge < -0.3 is 23.1 Å². The summed E-state index contributed by atoms with van der Waals surface area (Å²) in [6.07, 6.45) is 6.04. The van der Waals surface area contributed by atoms with Gasteiger partial charge in [-0.1, -0.05) is 80.5 Å². The van der Waals surface area contributed by atoms with E-state index < -0.39 is 22.2 Å². The van der Waals surface area contributed by atoms with Crippen LogP contribution in [0, 0.1) is 16.7 Å². The molecule has 5 nitrogen and oxygen atoms in total. The van der Waals surface area contributed by atoms with Crippen LogP contribution in [0.5, 0.6) is 0 Å². The number of hydrogen-bond donors (Lipinski definition) is 0. The molecule has 1 aliphatic heterocycles. The molecular weight excluding hydrogens is 581 g/mol. The Hall–Kier alpha value is -0.286. The van der Waals surface area contributed by atoms with Crippen molar-refractivity contribution < 1.29 is 23.1 Å². The van der Waals surface area contributed by atoms with Crippen molar-refractivity contribution in [1.82, 2.24) is 0 Å². The molecule has 2 fully saturated rings. The lowest BCUT2D eigenvalue weighted by atomic mass is 9.56. The molecule has 1 spiro atoms. The number of ether oxygens (including phenoxy) is 3. The van der Waals surface area contributed by atoms with Crippen LogP contribution in [0.15, 0.2) is 23.8 Å². The third kappa shape index (κ3) is 7.39. The van der Waals surface area contributed by atoms with Gasteiger partial charge in [-0.25, -0.2) is 0 Å². The van der Waals surface area contributed by atoms with Gasteiger partial charge in [-0.05, 0) is 95.2 Å². The molecule has 1 heterocycles. The second-order valence-electron chi connectivity index (χ2n) is 19.3. The van der Waals surface area contributed by atoms with E-state index in [1.165, 1.54) is 11.1 Å². The van der Waals surface area contributed by atoms with Crippen LogP contribution >= 0.6 is 0 Å². The van der Waals surface area contributed by atoms with E-state index in [2.05, 4.69) is 129 Å². The third-order valence-corrected chi connectivity index (χ3v) is 21.3. The largest absolute Gasteiger partial charge is 0.416 e. The SMILES string of the molecule is C=C1CC[C@H](OC(C)(C)C)[C@@](C)(C[C@H]2OCO[C@@]23C(C)=C[C@@H](O[Si](C)(C)C(C)(C)C)CC3(C)C)[C@H]1CO[Si](C)(C)C(C)(C)C. The quantitative estimate of drug-likeness (QED) is 0.193. The fourth-order valence-electron chi connectivity index (χ4n) is 7.52. The smallest absolute Gasteiger partial charge is 0.192 e. The van der Waals surface area contributed by atoms with Crippen molar-refractivity contribution in [2.24, 2.45) is 16.7 Å². The minimum atomic E-state index is -1.97. The molecule has 1 saturated carbocycles. The summed E-state index contributed by atoms with van der Waals surface area (Å²) < 4.78 is 34.3. The molecule has 0 unspecified atom stereocenters. The summed E-state index contributed by atoms with van der Waals surface area (Å²) in [6, 6.07) is 0. The van der Waals surface area contributed by atoms with Gasteiger partial charge in [-0.2, -0.15) is 0 Å². The zero-order valence-corrected chi connectivity index (χ0v) is 33.9. The molecule has 7 heteroatoms. The minimum Gasteiger partial charge on any atom is -0.416 e. The topological polar surface area (TPSA) is 46.2 Å². The highest BCUT2D eigenvalue weighted by Crippen LogP contribution is 2.58.